The molecule has 1 saturated heterocycles. The van der Waals surface area contributed by atoms with Gasteiger partial charge in [-0.3, -0.25) is 10.1 Å². The Kier molecular flexibility index (Phi) is 4.31. The van der Waals surface area contributed by atoms with E-state index in [1.54, 1.807) is 0 Å². The van der Waals surface area contributed by atoms with E-state index in [9.17, 15) is 4.79 Å². The molecule has 0 radical (unpaired) electrons. The van der Waals surface area contributed by atoms with Gasteiger partial charge in [-0.05, 0) is 30.6 Å². The van der Waals surface area contributed by atoms with Crippen LogP contribution < -0.4 is 5.32 Å². The van der Waals surface area contributed by atoms with Gasteiger partial charge in [0, 0.05) is 6.04 Å². The molecule has 1 aliphatic carbocycles. The summed E-state index contributed by atoms with van der Waals surface area (Å²) in [4.78, 5) is 14.4. The summed E-state index contributed by atoms with van der Waals surface area (Å²) in [6, 6.07) is 0.466. The van der Waals surface area contributed by atoms with Crippen molar-refractivity contribution in [1.82, 2.24) is 10.2 Å². The van der Waals surface area contributed by atoms with Gasteiger partial charge in [0.15, 0.2) is 0 Å². The van der Waals surface area contributed by atoms with Gasteiger partial charge >= 0.3 is 0 Å². The molecule has 0 aromatic rings. The van der Waals surface area contributed by atoms with Crippen LogP contribution in [0.4, 0.5) is 0 Å². The van der Waals surface area contributed by atoms with Gasteiger partial charge in [-0.25, -0.2) is 0 Å². The van der Waals surface area contributed by atoms with Gasteiger partial charge in [0.25, 0.3) is 0 Å². The molecule has 1 aliphatic heterocycles. The number of carbonyl (C=O) groups is 1. The minimum atomic E-state index is 0.252. The number of hydrogen-bond acceptors (Lipinski definition) is 2. The Morgan fingerprint density at radius 3 is 2.39 bits per heavy atom. The van der Waals surface area contributed by atoms with E-state index in [1.165, 1.54) is 25.7 Å². The number of rotatable bonds is 3. The number of hydrogen-bond donors (Lipinski definition) is 1. The van der Waals surface area contributed by atoms with Crippen LogP contribution in [0.3, 0.4) is 0 Å². The van der Waals surface area contributed by atoms with Crippen LogP contribution >= 0.6 is 0 Å². The first-order valence-electron chi connectivity index (χ1n) is 7.57. The zero-order valence-corrected chi connectivity index (χ0v) is 12.3. The highest BCUT2D eigenvalue weighted by Gasteiger charge is 2.41. The maximum atomic E-state index is 12.2. The van der Waals surface area contributed by atoms with Crippen LogP contribution in [0.2, 0.25) is 0 Å². The molecule has 1 amide bonds. The fourth-order valence-electron chi connectivity index (χ4n) is 3.75. The summed E-state index contributed by atoms with van der Waals surface area (Å²) >= 11 is 0. The zero-order valence-electron chi connectivity index (χ0n) is 12.3. The quantitative estimate of drug-likeness (QED) is 0.837. The highest BCUT2D eigenvalue weighted by molar-refractivity contribution is 5.81. The van der Waals surface area contributed by atoms with Gasteiger partial charge < -0.3 is 4.90 Å². The second-order valence-corrected chi connectivity index (χ2v) is 6.63. The van der Waals surface area contributed by atoms with E-state index < -0.39 is 0 Å². The van der Waals surface area contributed by atoms with Crippen molar-refractivity contribution in [3.05, 3.63) is 0 Å². The van der Waals surface area contributed by atoms with Gasteiger partial charge in [0.1, 0.15) is 0 Å². The van der Waals surface area contributed by atoms with E-state index >= 15 is 0 Å². The molecule has 3 nitrogen and oxygen atoms in total. The monoisotopic (exact) mass is 252 g/mol. The fourth-order valence-corrected chi connectivity index (χ4v) is 3.75. The van der Waals surface area contributed by atoms with Crippen LogP contribution in [0.5, 0.6) is 0 Å². The average Bonchev–Trinajstić information content (AvgIpc) is 2.71. The Balaban J connectivity index is 2.18. The number of amides is 1. The predicted octanol–water partition coefficient (Wildman–Crippen LogP) is 2.62. The van der Waals surface area contributed by atoms with Crippen molar-refractivity contribution in [1.29, 1.82) is 0 Å². The third-order valence-electron chi connectivity index (χ3n) is 4.68. The SMILES string of the molecule is CC(C)C1CCCCC1N1C(=O)CNC1C(C)C. The van der Waals surface area contributed by atoms with Gasteiger partial charge in [-0.2, -0.15) is 0 Å². The van der Waals surface area contributed by atoms with Crippen LogP contribution in [-0.2, 0) is 4.79 Å². The van der Waals surface area contributed by atoms with Gasteiger partial charge in [-0.15, -0.1) is 0 Å². The molecule has 2 fully saturated rings. The molecule has 2 aliphatic rings. The van der Waals surface area contributed by atoms with Crippen LogP contribution in [0.25, 0.3) is 0 Å². The lowest BCUT2D eigenvalue weighted by atomic mass is 9.76. The van der Waals surface area contributed by atoms with E-state index in [0.717, 1.165) is 0 Å². The molecule has 1 N–H and O–H groups in total. The summed E-state index contributed by atoms with van der Waals surface area (Å²) < 4.78 is 0. The largest absolute Gasteiger partial charge is 0.323 e. The molecule has 0 aromatic heterocycles. The third kappa shape index (κ3) is 2.56. The standard InChI is InChI=1S/C15H28N2O/c1-10(2)12-7-5-6-8-13(12)17-14(18)9-16-15(17)11(3)4/h10-13,15-16H,5-9H2,1-4H3. The topological polar surface area (TPSA) is 32.3 Å². The maximum absolute atomic E-state index is 12.2. The first-order chi connectivity index (χ1) is 8.52. The summed E-state index contributed by atoms with van der Waals surface area (Å²) in [6.45, 7) is 9.56. The van der Waals surface area contributed by atoms with Crippen LogP contribution in [0, 0.1) is 17.8 Å². The molecule has 2 rings (SSSR count). The fraction of sp³-hybridized carbons (Fsp3) is 0.933. The lowest BCUT2D eigenvalue weighted by molar-refractivity contribution is -0.133. The summed E-state index contributed by atoms with van der Waals surface area (Å²) in [6.07, 6.45) is 5.35. The van der Waals surface area contributed by atoms with Crippen molar-refractivity contribution in [3.63, 3.8) is 0 Å². The average molecular weight is 252 g/mol. The van der Waals surface area contributed by atoms with Crippen LogP contribution in [0.15, 0.2) is 0 Å². The van der Waals surface area contributed by atoms with Crippen molar-refractivity contribution >= 4 is 5.91 Å². The zero-order chi connectivity index (χ0) is 13.3. The molecular weight excluding hydrogens is 224 g/mol. The lowest BCUT2D eigenvalue weighted by Gasteiger charge is -2.43. The summed E-state index contributed by atoms with van der Waals surface area (Å²) in [5.41, 5.74) is 0. The molecule has 3 heteroatoms. The Morgan fingerprint density at radius 1 is 1.11 bits per heavy atom. The van der Waals surface area contributed by atoms with Crippen molar-refractivity contribution in [2.45, 2.75) is 65.6 Å². The molecule has 1 heterocycles. The van der Waals surface area contributed by atoms with Crippen LogP contribution in [0.1, 0.15) is 53.4 Å². The van der Waals surface area contributed by atoms with Gasteiger partial charge in [0.05, 0.1) is 12.7 Å². The third-order valence-corrected chi connectivity index (χ3v) is 4.68. The van der Waals surface area contributed by atoms with Crippen LogP contribution in [-0.4, -0.2) is 29.6 Å². The first-order valence-corrected chi connectivity index (χ1v) is 7.57. The number of nitrogens with one attached hydrogen (secondary N) is 1. The first kappa shape index (κ1) is 13.9. The lowest BCUT2D eigenvalue weighted by Crippen LogP contribution is -2.52. The highest BCUT2D eigenvalue weighted by Crippen LogP contribution is 2.36. The van der Waals surface area contributed by atoms with E-state index in [1.807, 2.05) is 0 Å². The molecule has 0 aromatic carbocycles. The normalized spacial score (nSPS) is 33.8. The minimum Gasteiger partial charge on any atom is -0.323 e. The number of carbonyl (C=O) groups excluding carboxylic acids is 1. The molecule has 3 atom stereocenters. The Bertz CT molecular complexity index is 301. The van der Waals surface area contributed by atoms with E-state index in [4.69, 9.17) is 0 Å². The highest BCUT2D eigenvalue weighted by atomic mass is 16.2. The van der Waals surface area contributed by atoms with E-state index in [0.29, 0.717) is 36.2 Å². The van der Waals surface area contributed by atoms with Crippen molar-refractivity contribution in [2.24, 2.45) is 17.8 Å². The molecule has 18 heavy (non-hydrogen) atoms. The van der Waals surface area contributed by atoms with Crippen molar-refractivity contribution < 1.29 is 4.79 Å². The molecule has 104 valence electrons. The van der Waals surface area contributed by atoms with Crippen molar-refractivity contribution in [2.75, 3.05) is 6.54 Å². The Hall–Kier alpha value is -0.570. The van der Waals surface area contributed by atoms with E-state index in [-0.39, 0.29) is 6.17 Å². The second-order valence-electron chi connectivity index (χ2n) is 6.63. The van der Waals surface area contributed by atoms with Crippen molar-refractivity contribution in [3.8, 4) is 0 Å². The molecule has 0 bridgehead atoms. The maximum Gasteiger partial charge on any atom is 0.238 e. The molecule has 3 unspecified atom stereocenters. The summed E-state index contributed by atoms with van der Waals surface area (Å²) in [5, 5.41) is 3.39. The van der Waals surface area contributed by atoms with E-state index in [2.05, 4.69) is 37.9 Å². The molecule has 0 spiro atoms. The van der Waals surface area contributed by atoms with Gasteiger partial charge in [-0.1, -0.05) is 40.5 Å². The molecule has 1 saturated carbocycles. The molecular formula is C15H28N2O. The summed E-state index contributed by atoms with van der Waals surface area (Å²) in [7, 11) is 0. The summed E-state index contributed by atoms with van der Waals surface area (Å²) in [5.74, 6) is 2.16. The van der Waals surface area contributed by atoms with Gasteiger partial charge in [0.2, 0.25) is 5.91 Å². The smallest absolute Gasteiger partial charge is 0.238 e. The Labute approximate surface area is 111 Å². The number of nitrogens with zero attached hydrogens (tertiary/aromatic N) is 1. The second kappa shape index (κ2) is 5.60. The Morgan fingerprint density at radius 2 is 1.78 bits per heavy atom. The minimum absolute atomic E-state index is 0.252. The predicted molar refractivity (Wildman–Crippen MR) is 74.1 cm³/mol.